The maximum absolute atomic E-state index is 6.76. The van der Waals surface area contributed by atoms with Gasteiger partial charge >= 0.3 is 0 Å². The zero-order valence-corrected chi connectivity index (χ0v) is 27.4. The van der Waals surface area contributed by atoms with E-state index in [9.17, 15) is 0 Å². The van der Waals surface area contributed by atoms with Crippen molar-refractivity contribution in [3.8, 4) is 56.5 Å². The third kappa shape index (κ3) is 5.11. The molecule has 0 fully saturated rings. The molecule has 10 rings (SSSR count). The van der Waals surface area contributed by atoms with Crippen molar-refractivity contribution in [3.63, 3.8) is 0 Å². The zero-order valence-electron chi connectivity index (χ0n) is 27.4. The number of aromatic nitrogens is 4. The highest BCUT2D eigenvalue weighted by atomic mass is 16.3. The average molecular weight is 653 g/mol. The molecular weight excluding hydrogens is 625 g/mol. The Bertz CT molecular complexity index is 2840. The summed E-state index contributed by atoms with van der Waals surface area (Å²) < 4.78 is 6.76. The summed E-state index contributed by atoms with van der Waals surface area (Å²) in [5.74, 6) is 1.88. The topological polar surface area (TPSA) is 64.7 Å². The van der Waals surface area contributed by atoms with Crippen LogP contribution in [0.1, 0.15) is 0 Å². The van der Waals surface area contributed by atoms with E-state index in [0.717, 1.165) is 71.8 Å². The van der Waals surface area contributed by atoms with E-state index in [0.29, 0.717) is 17.5 Å². The molecular formula is C46H28N4O. The number of rotatable bonds is 5. The van der Waals surface area contributed by atoms with E-state index in [1.807, 2.05) is 66.9 Å². The first kappa shape index (κ1) is 29.0. The van der Waals surface area contributed by atoms with E-state index in [1.54, 1.807) is 0 Å². The molecule has 7 aromatic carbocycles. The van der Waals surface area contributed by atoms with Crippen molar-refractivity contribution in [1.29, 1.82) is 0 Å². The van der Waals surface area contributed by atoms with Gasteiger partial charge in [-0.25, -0.2) is 15.0 Å². The Morgan fingerprint density at radius 3 is 1.51 bits per heavy atom. The largest absolute Gasteiger partial charge is 0.455 e. The minimum Gasteiger partial charge on any atom is -0.455 e. The molecule has 0 saturated heterocycles. The van der Waals surface area contributed by atoms with Gasteiger partial charge in [0.05, 0.1) is 11.1 Å². The Morgan fingerprint density at radius 2 is 0.882 bits per heavy atom. The van der Waals surface area contributed by atoms with E-state index in [4.69, 9.17) is 24.4 Å². The van der Waals surface area contributed by atoms with Crippen LogP contribution in [-0.2, 0) is 0 Å². The van der Waals surface area contributed by atoms with Crippen LogP contribution in [0.4, 0.5) is 0 Å². The van der Waals surface area contributed by atoms with E-state index in [-0.39, 0.29) is 0 Å². The van der Waals surface area contributed by atoms with E-state index in [1.165, 1.54) is 10.8 Å². The first-order valence-electron chi connectivity index (χ1n) is 17.0. The summed E-state index contributed by atoms with van der Waals surface area (Å²) in [6.07, 6.45) is 1.95. The summed E-state index contributed by atoms with van der Waals surface area (Å²) in [5, 5.41) is 6.69. The highest BCUT2D eigenvalue weighted by Crippen LogP contribution is 2.42. The second-order valence-electron chi connectivity index (χ2n) is 12.7. The normalized spacial score (nSPS) is 11.5. The van der Waals surface area contributed by atoms with Gasteiger partial charge < -0.3 is 4.42 Å². The van der Waals surface area contributed by atoms with Gasteiger partial charge in [-0.15, -0.1) is 0 Å². The van der Waals surface area contributed by atoms with Crippen LogP contribution >= 0.6 is 0 Å². The van der Waals surface area contributed by atoms with Crippen LogP contribution in [0.5, 0.6) is 0 Å². The van der Waals surface area contributed by atoms with Gasteiger partial charge in [-0.1, -0.05) is 146 Å². The number of pyridine rings is 1. The zero-order chi connectivity index (χ0) is 33.7. The lowest BCUT2D eigenvalue weighted by atomic mass is 9.97. The van der Waals surface area contributed by atoms with Crippen LogP contribution < -0.4 is 0 Å². The summed E-state index contributed by atoms with van der Waals surface area (Å²) in [6.45, 7) is 0. The molecule has 51 heavy (non-hydrogen) atoms. The van der Waals surface area contributed by atoms with Crippen molar-refractivity contribution in [3.05, 3.63) is 170 Å². The minimum atomic E-state index is 0.610. The van der Waals surface area contributed by atoms with E-state index >= 15 is 0 Å². The van der Waals surface area contributed by atoms with Crippen molar-refractivity contribution in [2.75, 3.05) is 0 Å². The number of benzene rings is 7. The summed E-state index contributed by atoms with van der Waals surface area (Å²) >= 11 is 0. The summed E-state index contributed by atoms with van der Waals surface area (Å²) in [4.78, 5) is 19.8. The van der Waals surface area contributed by atoms with Gasteiger partial charge in [0.25, 0.3) is 0 Å². The van der Waals surface area contributed by atoms with E-state index in [2.05, 4.69) is 103 Å². The molecule has 0 aliphatic heterocycles. The Labute approximate surface area is 293 Å². The summed E-state index contributed by atoms with van der Waals surface area (Å²) in [6, 6.07) is 56.1. The smallest absolute Gasteiger partial charge is 0.164 e. The van der Waals surface area contributed by atoms with Crippen molar-refractivity contribution in [2.24, 2.45) is 0 Å². The highest BCUT2D eigenvalue weighted by molar-refractivity contribution is 6.18. The molecule has 3 heterocycles. The molecule has 5 heteroatoms. The molecule has 10 aromatic rings. The fraction of sp³-hybridized carbons (Fsp3) is 0. The van der Waals surface area contributed by atoms with Crippen LogP contribution in [0, 0.1) is 0 Å². The number of hydrogen-bond donors (Lipinski definition) is 0. The number of hydrogen-bond acceptors (Lipinski definition) is 5. The molecule has 0 bridgehead atoms. The first-order chi connectivity index (χ1) is 25.2. The predicted molar refractivity (Wildman–Crippen MR) is 207 cm³/mol. The minimum absolute atomic E-state index is 0.610. The van der Waals surface area contributed by atoms with Gasteiger partial charge in [-0.2, -0.15) is 0 Å². The van der Waals surface area contributed by atoms with Crippen molar-refractivity contribution in [1.82, 2.24) is 19.9 Å². The molecule has 5 nitrogen and oxygen atoms in total. The van der Waals surface area contributed by atoms with Crippen molar-refractivity contribution in [2.45, 2.75) is 0 Å². The Kier molecular flexibility index (Phi) is 6.74. The summed E-state index contributed by atoms with van der Waals surface area (Å²) in [5.41, 5.74) is 8.29. The summed E-state index contributed by atoms with van der Waals surface area (Å²) in [7, 11) is 0. The fourth-order valence-electron chi connectivity index (χ4n) is 6.96. The molecule has 0 aliphatic carbocycles. The molecule has 0 radical (unpaired) electrons. The third-order valence-electron chi connectivity index (χ3n) is 9.54. The molecule has 0 atom stereocenters. The molecule has 0 aliphatic rings. The van der Waals surface area contributed by atoms with Gasteiger partial charge in [-0.05, 0) is 45.3 Å². The molecule has 0 spiro atoms. The standard InChI is InChI=1S/C46H28N4O/c1-3-12-31(13-4-1)44-48-45(32-14-5-2-6-15-32)50-46(49-44)33-22-20-30(21-23-33)42-41-38-26-35-17-9-10-18-36(35)27-40(38)51-43(41)39(28-47-42)37-24-19-29-11-7-8-16-34(29)25-37/h1-28H. The van der Waals surface area contributed by atoms with Crippen LogP contribution in [0.15, 0.2) is 174 Å². The van der Waals surface area contributed by atoms with Crippen LogP contribution in [0.2, 0.25) is 0 Å². The van der Waals surface area contributed by atoms with Gasteiger partial charge in [-0.3, -0.25) is 4.98 Å². The Morgan fingerprint density at radius 1 is 0.392 bits per heavy atom. The maximum atomic E-state index is 6.76. The number of furan rings is 1. The lowest BCUT2D eigenvalue weighted by Crippen LogP contribution is -2.00. The fourth-order valence-corrected chi connectivity index (χ4v) is 6.96. The van der Waals surface area contributed by atoms with Crippen LogP contribution in [0.25, 0.3) is 100 Å². The average Bonchev–Trinajstić information content (AvgIpc) is 3.58. The lowest BCUT2D eigenvalue weighted by molar-refractivity contribution is 0.670. The first-order valence-corrected chi connectivity index (χ1v) is 17.0. The molecule has 238 valence electrons. The van der Waals surface area contributed by atoms with Gasteiger partial charge in [0.1, 0.15) is 11.2 Å². The van der Waals surface area contributed by atoms with Gasteiger partial charge in [0, 0.05) is 39.4 Å². The number of nitrogens with zero attached hydrogens (tertiary/aromatic N) is 4. The molecule has 3 aromatic heterocycles. The van der Waals surface area contributed by atoms with Crippen LogP contribution in [-0.4, -0.2) is 19.9 Å². The predicted octanol–water partition coefficient (Wildman–Crippen LogP) is 11.8. The number of fused-ring (bicyclic) bond motifs is 5. The third-order valence-corrected chi connectivity index (χ3v) is 9.54. The molecule has 0 unspecified atom stereocenters. The quantitative estimate of drug-likeness (QED) is 0.185. The van der Waals surface area contributed by atoms with Crippen LogP contribution in [0.3, 0.4) is 0 Å². The molecule has 0 amide bonds. The SMILES string of the molecule is c1ccc(-c2nc(-c3ccccc3)nc(-c3ccc(-c4ncc(-c5ccc6ccccc6c5)c5oc6cc7ccccc7cc6c45)cc3)n2)cc1. The van der Waals surface area contributed by atoms with Gasteiger partial charge in [0.15, 0.2) is 17.5 Å². The van der Waals surface area contributed by atoms with Crippen molar-refractivity contribution >= 4 is 43.5 Å². The second kappa shape index (κ2) is 11.9. The molecule has 0 saturated carbocycles. The molecule has 0 N–H and O–H groups in total. The lowest BCUT2D eigenvalue weighted by Gasteiger charge is -2.10. The maximum Gasteiger partial charge on any atom is 0.164 e. The Balaban J connectivity index is 1.14. The Hall–Kier alpha value is -6.98. The monoisotopic (exact) mass is 652 g/mol. The highest BCUT2D eigenvalue weighted by Gasteiger charge is 2.20. The van der Waals surface area contributed by atoms with Gasteiger partial charge in [0.2, 0.25) is 0 Å². The van der Waals surface area contributed by atoms with E-state index < -0.39 is 0 Å². The van der Waals surface area contributed by atoms with Crippen molar-refractivity contribution < 1.29 is 4.42 Å². The second-order valence-corrected chi connectivity index (χ2v) is 12.7.